The predicted octanol–water partition coefficient (Wildman–Crippen LogP) is 1.18. The topological polar surface area (TPSA) is 57.2 Å². The van der Waals surface area contributed by atoms with Gasteiger partial charge in [-0.3, -0.25) is 4.79 Å². The van der Waals surface area contributed by atoms with Crippen LogP contribution in [0, 0.1) is 0 Å². The summed E-state index contributed by atoms with van der Waals surface area (Å²) in [6.07, 6.45) is 15.1. The summed E-state index contributed by atoms with van der Waals surface area (Å²) in [5.41, 5.74) is 0. The Bertz CT molecular complexity index is 267. The van der Waals surface area contributed by atoms with Crippen molar-refractivity contribution < 1.29 is 44.3 Å². The quantitative estimate of drug-likeness (QED) is 0.317. The normalized spacial score (nSPS) is 10.2. The number of ketones is 1. The summed E-state index contributed by atoms with van der Waals surface area (Å²) in [4.78, 5) is 21.8. The van der Waals surface area contributed by atoms with Crippen molar-refractivity contribution in [2.45, 2.75) is 103 Å². The van der Waals surface area contributed by atoms with Gasteiger partial charge in [-0.1, -0.05) is 64.7 Å². The molecule has 0 spiro atoms. The molecule has 0 atom stereocenters. The minimum atomic E-state index is -0.936. The minimum absolute atomic E-state index is 0. The molecule has 0 N–H and O–H groups in total. The standard InChI is InChI=1S/C18H34O3.Na/c1-2-3-4-11-14-17(19)15-12-9-7-5-6-8-10-13-16-18(20)21;/h2-16H2,1H3,(H,20,21);/q;+1/p-1. The fraction of sp³-hybridized carbons (Fsp3) is 0.889. The Labute approximate surface area is 158 Å². The molecule has 0 heterocycles. The van der Waals surface area contributed by atoms with Crippen molar-refractivity contribution in [2.24, 2.45) is 0 Å². The first-order chi connectivity index (χ1) is 10.2. The van der Waals surface area contributed by atoms with Crippen LogP contribution in [0.3, 0.4) is 0 Å². The van der Waals surface area contributed by atoms with Gasteiger partial charge >= 0.3 is 29.6 Å². The molecule has 22 heavy (non-hydrogen) atoms. The van der Waals surface area contributed by atoms with Crippen molar-refractivity contribution in [1.29, 1.82) is 0 Å². The van der Waals surface area contributed by atoms with Gasteiger partial charge in [0.2, 0.25) is 0 Å². The summed E-state index contributed by atoms with van der Waals surface area (Å²) < 4.78 is 0. The fourth-order valence-corrected chi connectivity index (χ4v) is 2.53. The Kier molecular flexibility index (Phi) is 21.3. The summed E-state index contributed by atoms with van der Waals surface area (Å²) in [6.45, 7) is 2.19. The molecule has 0 fully saturated rings. The smallest absolute Gasteiger partial charge is 0.550 e. The molecule has 0 bridgehead atoms. The van der Waals surface area contributed by atoms with Crippen molar-refractivity contribution >= 4 is 11.8 Å². The average Bonchev–Trinajstić information content (AvgIpc) is 2.45. The van der Waals surface area contributed by atoms with Gasteiger partial charge in [0.15, 0.2) is 0 Å². The number of Topliss-reactive ketones (excluding diaryl/α,β-unsaturated/α-hetero) is 1. The summed E-state index contributed by atoms with van der Waals surface area (Å²) in [5, 5.41) is 10.2. The number of aliphatic carboxylic acids is 1. The third-order valence-electron chi connectivity index (χ3n) is 3.90. The molecule has 0 aromatic rings. The van der Waals surface area contributed by atoms with Crippen molar-refractivity contribution in [3.63, 3.8) is 0 Å². The van der Waals surface area contributed by atoms with Gasteiger partial charge in [-0.05, 0) is 25.7 Å². The molecule has 0 saturated carbocycles. The number of rotatable bonds is 16. The molecule has 0 unspecified atom stereocenters. The molecule has 0 aliphatic rings. The van der Waals surface area contributed by atoms with Gasteiger partial charge in [0.1, 0.15) is 5.78 Å². The fourth-order valence-electron chi connectivity index (χ4n) is 2.53. The Balaban J connectivity index is 0. The SMILES string of the molecule is CCCCCCC(=O)CCCCCCCCCCC(=O)[O-].[Na+]. The maximum atomic E-state index is 11.6. The molecule has 3 nitrogen and oxygen atoms in total. The molecule has 0 aliphatic carbocycles. The zero-order valence-electron chi connectivity index (χ0n) is 14.8. The van der Waals surface area contributed by atoms with E-state index in [1.54, 1.807) is 0 Å². The van der Waals surface area contributed by atoms with E-state index in [-0.39, 0.29) is 36.0 Å². The molecule has 0 rings (SSSR count). The van der Waals surface area contributed by atoms with Crippen LogP contribution in [0.5, 0.6) is 0 Å². The van der Waals surface area contributed by atoms with Crippen LogP contribution < -0.4 is 34.7 Å². The third kappa shape index (κ3) is 20.1. The van der Waals surface area contributed by atoms with E-state index in [9.17, 15) is 14.7 Å². The molecule has 0 saturated heterocycles. The zero-order chi connectivity index (χ0) is 15.8. The van der Waals surface area contributed by atoms with E-state index in [1.165, 1.54) is 38.5 Å². The molecule has 0 aromatic heterocycles. The van der Waals surface area contributed by atoms with Crippen LogP contribution in [-0.4, -0.2) is 11.8 Å². The van der Waals surface area contributed by atoms with Crippen molar-refractivity contribution in [3.8, 4) is 0 Å². The summed E-state index contributed by atoms with van der Waals surface area (Å²) in [7, 11) is 0. The van der Waals surface area contributed by atoms with Crippen LogP contribution in [0.15, 0.2) is 0 Å². The number of unbranched alkanes of at least 4 members (excludes halogenated alkanes) is 10. The Morgan fingerprint density at radius 2 is 1.00 bits per heavy atom. The Morgan fingerprint density at radius 3 is 1.41 bits per heavy atom. The van der Waals surface area contributed by atoms with Gasteiger partial charge in [-0.25, -0.2) is 0 Å². The summed E-state index contributed by atoms with van der Waals surface area (Å²) in [5.74, 6) is -0.497. The van der Waals surface area contributed by atoms with Gasteiger partial charge < -0.3 is 9.90 Å². The van der Waals surface area contributed by atoms with Gasteiger partial charge in [0.25, 0.3) is 0 Å². The number of carboxylic acids is 1. The van der Waals surface area contributed by atoms with Gasteiger partial charge in [-0.2, -0.15) is 0 Å². The Hall–Kier alpha value is 0.140. The van der Waals surface area contributed by atoms with Gasteiger partial charge in [0.05, 0.1) is 0 Å². The van der Waals surface area contributed by atoms with E-state index < -0.39 is 5.97 Å². The van der Waals surface area contributed by atoms with E-state index in [4.69, 9.17) is 0 Å². The minimum Gasteiger partial charge on any atom is -0.550 e. The molecule has 0 amide bonds. The first kappa shape index (κ1) is 24.4. The monoisotopic (exact) mass is 320 g/mol. The van der Waals surface area contributed by atoms with Crippen LogP contribution in [0.1, 0.15) is 103 Å². The largest absolute Gasteiger partial charge is 1.00 e. The second-order valence-electron chi connectivity index (χ2n) is 6.05. The second kappa shape index (κ2) is 19.2. The number of carbonyl (C=O) groups is 2. The zero-order valence-corrected chi connectivity index (χ0v) is 16.8. The number of carboxylic acid groups (broad SMARTS) is 1. The molecule has 4 heteroatoms. The third-order valence-corrected chi connectivity index (χ3v) is 3.90. The maximum absolute atomic E-state index is 11.6. The van der Waals surface area contributed by atoms with E-state index in [2.05, 4.69) is 6.92 Å². The van der Waals surface area contributed by atoms with Crippen molar-refractivity contribution in [2.75, 3.05) is 0 Å². The van der Waals surface area contributed by atoms with Crippen LogP contribution in [0.25, 0.3) is 0 Å². The first-order valence-corrected chi connectivity index (χ1v) is 8.88. The first-order valence-electron chi connectivity index (χ1n) is 8.88. The second-order valence-corrected chi connectivity index (χ2v) is 6.05. The Morgan fingerprint density at radius 1 is 0.636 bits per heavy atom. The number of hydrogen-bond donors (Lipinski definition) is 0. The molecule has 0 radical (unpaired) electrons. The average molecular weight is 320 g/mol. The van der Waals surface area contributed by atoms with Crippen LogP contribution in [-0.2, 0) is 9.59 Å². The molecule has 0 aromatic carbocycles. The predicted molar refractivity (Wildman–Crippen MR) is 84.9 cm³/mol. The van der Waals surface area contributed by atoms with E-state index >= 15 is 0 Å². The van der Waals surface area contributed by atoms with Crippen molar-refractivity contribution in [3.05, 3.63) is 0 Å². The molecular weight excluding hydrogens is 287 g/mol. The number of hydrogen-bond acceptors (Lipinski definition) is 3. The van der Waals surface area contributed by atoms with Crippen LogP contribution in [0.4, 0.5) is 0 Å². The van der Waals surface area contributed by atoms with E-state index in [0.29, 0.717) is 5.78 Å². The van der Waals surface area contributed by atoms with Crippen LogP contribution >= 0.6 is 0 Å². The van der Waals surface area contributed by atoms with Gasteiger partial charge in [-0.15, -0.1) is 0 Å². The molecule has 0 aliphatic heterocycles. The van der Waals surface area contributed by atoms with Crippen molar-refractivity contribution in [1.82, 2.24) is 0 Å². The summed E-state index contributed by atoms with van der Waals surface area (Å²) in [6, 6.07) is 0. The summed E-state index contributed by atoms with van der Waals surface area (Å²) >= 11 is 0. The van der Waals surface area contributed by atoms with Gasteiger partial charge in [0, 0.05) is 18.8 Å². The van der Waals surface area contributed by atoms with Crippen LogP contribution in [0.2, 0.25) is 0 Å². The van der Waals surface area contributed by atoms with E-state index in [1.807, 2.05) is 0 Å². The molecular formula is C18H33NaO3. The molecule has 124 valence electrons. The maximum Gasteiger partial charge on any atom is 1.00 e. The number of carbonyl (C=O) groups excluding carboxylic acids is 2. The van der Waals surface area contributed by atoms with E-state index in [0.717, 1.165) is 51.4 Å².